The van der Waals surface area contributed by atoms with Gasteiger partial charge in [-0.3, -0.25) is 9.78 Å². The summed E-state index contributed by atoms with van der Waals surface area (Å²) in [5.41, 5.74) is 6.09. The predicted molar refractivity (Wildman–Crippen MR) is 111 cm³/mol. The fraction of sp³-hybridized carbons (Fsp3) is 0.280. The van der Waals surface area contributed by atoms with Crippen molar-refractivity contribution in [2.75, 3.05) is 6.79 Å². The van der Waals surface area contributed by atoms with Gasteiger partial charge in [0.25, 0.3) is 0 Å². The van der Waals surface area contributed by atoms with Crippen molar-refractivity contribution in [2.45, 2.75) is 38.5 Å². The van der Waals surface area contributed by atoms with Crippen LogP contribution in [0.5, 0.6) is 11.5 Å². The first-order valence-corrected chi connectivity index (χ1v) is 10.0. The SMILES string of the molecule is Cc1cccc(-c2cnc(CC(=O)C3(c4ccc5c(c4)OCO5)CC3)cc2C)c1. The topological polar surface area (TPSA) is 48.4 Å². The maximum absolute atomic E-state index is 13.2. The van der Waals surface area contributed by atoms with E-state index in [9.17, 15) is 4.79 Å². The van der Waals surface area contributed by atoms with Crippen LogP contribution in [-0.2, 0) is 16.6 Å². The molecule has 0 amide bonds. The van der Waals surface area contributed by atoms with Crippen molar-refractivity contribution in [3.05, 3.63) is 77.1 Å². The summed E-state index contributed by atoms with van der Waals surface area (Å²) in [6, 6.07) is 16.3. The number of carbonyl (C=O) groups is 1. The van der Waals surface area contributed by atoms with Crippen LogP contribution in [0.25, 0.3) is 11.1 Å². The number of hydrogen-bond donors (Lipinski definition) is 0. The number of ketones is 1. The normalized spacial score (nSPS) is 15.9. The molecule has 2 aliphatic rings. The third-order valence-corrected chi connectivity index (χ3v) is 6.05. The third kappa shape index (κ3) is 3.19. The number of rotatable bonds is 5. The standard InChI is InChI=1S/C25H23NO3/c1-16-4-3-5-18(10-16)21-14-26-20(11-17(21)2)13-24(27)25(8-9-25)19-6-7-22-23(12-19)29-15-28-22/h3-7,10-12,14H,8-9,13,15H2,1-2H3. The zero-order chi connectivity index (χ0) is 20.0. The van der Waals surface area contributed by atoms with Crippen molar-refractivity contribution in [3.63, 3.8) is 0 Å². The highest BCUT2D eigenvalue weighted by molar-refractivity contribution is 5.94. The van der Waals surface area contributed by atoms with E-state index >= 15 is 0 Å². The Kier molecular flexibility index (Phi) is 4.16. The monoisotopic (exact) mass is 385 g/mol. The van der Waals surface area contributed by atoms with Crippen LogP contribution < -0.4 is 9.47 Å². The second kappa shape index (κ2) is 6.73. The summed E-state index contributed by atoms with van der Waals surface area (Å²) in [6.45, 7) is 4.42. The summed E-state index contributed by atoms with van der Waals surface area (Å²) in [5.74, 6) is 1.71. The van der Waals surface area contributed by atoms with Crippen molar-refractivity contribution >= 4 is 5.78 Å². The zero-order valence-electron chi connectivity index (χ0n) is 16.7. The highest BCUT2D eigenvalue weighted by Gasteiger charge is 2.50. The first-order chi connectivity index (χ1) is 14.0. The van der Waals surface area contributed by atoms with Crippen LogP contribution in [0.3, 0.4) is 0 Å². The second-order valence-electron chi connectivity index (χ2n) is 8.11. The van der Waals surface area contributed by atoms with Gasteiger partial charge in [0, 0.05) is 23.9 Å². The van der Waals surface area contributed by atoms with E-state index in [1.807, 2.05) is 30.5 Å². The summed E-state index contributed by atoms with van der Waals surface area (Å²) in [4.78, 5) is 17.8. The maximum Gasteiger partial charge on any atom is 0.231 e. The average Bonchev–Trinajstić information content (AvgIpc) is 3.39. The summed E-state index contributed by atoms with van der Waals surface area (Å²) in [5, 5.41) is 0. The van der Waals surface area contributed by atoms with Crippen LogP contribution in [0, 0.1) is 13.8 Å². The second-order valence-corrected chi connectivity index (χ2v) is 8.11. The average molecular weight is 385 g/mol. The van der Waals surface area contributed by atoms with E-state index in [-0.39, 0.29) is 12.6 Å². The number of aryl methyl sites for hydroxylation is 2. The molecule has 4 heteroatoms. The van der Waals surface area contributed by atoms with E-state index in [4.69, 9.17) is 9.47 Å². The molecule has 2 heterocycles. The molecule has 0 saturated heterocycles. The van der Waals surface area contributed by atoms with Gasteiger partial charge >= 0.3 is 0 Å². The lowest BCUT2D eigenvalue weighted by atomic mass is 9.88. The Morgan fingerprint density at radius 1 is 1.03 bits per heavy atom. The van der Waals surface area contributed by atoms with Gasteiger partial charge in [0.15, 0.2) is 11.5 Å². The van der Waals surface area contributed by atoms with Crippen molar-refractivity contribution in [1.82, 2.24) is 4.98 Å². The van der Waals surface area contributed by atoms with E-state index < -0.39 is 5.41 Å². The Labute approximate surface area is 170 Å². The van der Waals surface area contributed by atoms with E-state index in [0.29, 0.717) is 6.42 Å². The Morgan fingerprint density at radius 3 is 2.62 bits per heavy atom. The molecule has 1 fully saturated rings. The van der Waals surface area contributed by atoms with Crippen LogP contribution in [0.15, 0.2) is 54.7 Å². The van der Waals surface area contributed by atoms with Crippen LogP contribution in [-0.4, -0.2) is 17.6 Å². The summed E-state index contributed by atoms with van der Waals surface area (Å²) < 4.78 is 10.9. The number of fused-ring (bicyclic) bond motifs is 1. The van der Waals surface area contributed by atoms with Gasteiger partial charge in [-0.2, -0.15) is 0 Å². The molecule has 2 aromatic carbocycles. The van der Waals surface area contributed by atoms with Crippen molar-refractivity contribution in [3.8, 4) is 22.6 Å². The number of aromatic nitrogens is 1. The minimum Gasteiger partial charge on any atom is -0.454 e. The molecule has 1 aromatic heterocycles. The van der Waals surface area contributed by atoms with Crippen molar-refractivity contribution in [2.24, 2.45) is 0 Å². The Bertz CT molecular complexity index is 1110. The van der Waals surface area contributed by atoms with Gasteiger partial charge in [0.2, 0.25) is 6.79 Å². The smallest absolute Gasteiger partial charge is 0.231 e. The van der Waals surface area contributed by atoms with E-state index in [0.717, 1.165) is 52.3 Å². The molecule has 0 bridgehead atoms. The van der Waals surface area contributed by atoms with Gasteiger partial charge in [0.05, 0.1) is 5.41 Å². The number of benzene rings is 2. The summed E-state index contributed by atoms with van der Waals surface area (Å²) in [7, 11) is 0. The Hall–Kier alpha value is -3.14. The molecule has 0 radical (unpaired) electrons. The lowest BCUT2D eigenvalue weighted by molar-refractivity contribution is -0.120. The number of pyridine rings is 1. The molecule has 0 atom stereocenters. The fourth-order valence-corrected chi connectivity index (χ4v) is 4.21. The van der Waals surface area contributed by atoms with Gasteiger partial charge in [-0.15, -0.1) is 0 Å². The Balaban J connectivity index is 1.38. The van der Waals surface area contributed by atoms with Crippen LogP contribution in [0.1, 0.15) is 35.2 Å². The van der Waals surface area contributed by atoms with Crippen LogP contribution in [0.2, 0.25) is 0 Å². The lowest BCUT2D eigenvalue weighted by Gasteiger charge is -2.15. The highest BCUT2D eigenvalue weighted by Crippen LogP contribution is 2.51. The number of Topliss-reactive ketones (excluding diaryl/α,β-unsaturated/α-hetero) is 1. The van der Waals surface area contributed by atoms with E-state index in [1.54, 1.807) is 0 Å². The molecule has 5 rings (SSSR count). The molecule has 3 aromatic rings. The van der Waals surface area contributed by atoms with Crippen molar-refractivity contribution in [1.29, 1.82) is 0 Å². The summed E-state index contributed by atoms with van der Waals surface area (Å²) in [6.07, 6.45) is 4.01. The Morgan fingerprint density at radius 2 is 1.86 bits per heavy atom. The lowest BCUT2D eigenvalue weighted by Crippen LogP contribution is -2.23. The molecule has 1 aliphatic carbocycles. The van der Waals surface area contributed by atoms with Crippen LogP contribution in [0.4, 0.5) is 0 Å². The minimum absolute atomic E-state index is 0.228. The van der Waals surface area contributed by atoms with Gasteiger partial charge in [-0.1, -0.05) is 35.9 Å². The fourth-order valence-electron chi connectivity index (χ4n) is 4.21. The van der Waals surface area contributed by atoms with E-state index in [2.05, 4.69) is 43.1 Å². The van der Waals surface area contributed by atoms with E-state index in [1.165, 1.54) is 5.56 Å². The molecular formula is C25H23NO3. The molecule has 0 unspecified atom stereocenters. The molecule has 1 aliphatic heterocycles. The number of hydrogen-bond acceptors (Lipinski definition) is 4. The quantitative estimate of drug-likeness (QED) is 0.624. The molecule has 0 N–H and O–H groups in total. The first kappa shape index (κ1) is 17.9. The third-order valence-electron chi connectivity index (χ3n) is 6.05. The molecular weight excluding hydrogens is 362 g/mol. The molecule has 29 heavy (non-hydrogen) atoms. The molecule has 146 valence electrons. The summed E-state index contributed by atoms with van der Waals surface area (Å²) >= 11 is 0. The van der Waals surface area contributed by atoms with Crippen LogP contribution >= 0.6 is 0 Å². The van der Waals surface area contributed by atoms with Crippen molar-refractivity contribution < 1.29 is 14.3 Å². The largest absolute Gasteiger partial charge is 0.454 e. The highest BCUT2D eigenvalue weighted by atomic mass is 16.7. The number of carbonyl (C=O) groups excluding carboxylic acids is 1. The molecule has 1 saturated carbocycles. The molecule has 0 spiro atoms. The van der Waals surface area contributed by atoms with Gasteiger partial charge in [-0.05, 0) is 61.6 Å². The first-order valence-electron chi connectivity index (χ1n) is 10.0. The molecule has 4 nitrogen and oxygen atoms in total. The maximum atomic E-state index is 13.2. The van der Waals surface area contributed by atoms with Gasteiger partial charge in [-0.25, -0.2) is 0 Å². The predicted octanol–water partition coefficient (Wildman–Crippen LogP) is 4.94. The van der Waals surface area contributed by atoms with Gasteiger partial charge in [0.1, 0.15) is 5.78 Å². The number of nitrogens with zero attached hydrogens (tertiary/aromatic N) is 1. The zero-order valence-corrected chi connectivity index (χ0v) is 16.7. The number of ether oxygens (including phenoxy) is 2. The van der Waals surface area contributed by atoms with Gasteiger partial charge < -0.3 is 9.47 Å². The minimum atomic E-state index is -0.397.